The molecule has 1 atom stereocenters. The summed E-state index contributed by atoms with van der Waals surface area (Å²) in [5, 5.41) is 0.355. The third-order valence-electron chi connectivity index (χ3n) is 1.12. The summed E-state index contributed by atoms with van der Waals surface area (Å²) in [5.41, 5.74) is 0.369. The van der Waals surface area contributed by atoms with Gasteiger partial charge >= 0.3 is 0 Å². The van der Waals surface area contributed by atoms with Crippen LogP contribution in [-0.2, 0) is 11.3 Å². The van der Waals surface area contributed by atoms with Crippen LogP contribution in [0.2, 0.25) is 5.02 Å². The minimum absolute atomic E-state index is 0. The van der Waals surface area contributed by atoms with Gasteiger partial charge in [-0.15, -0.1) is 0 Å². The predicted octanol–water partition coefficient (Wildman–Crippen LogP) is 1.93. The molecule has 0 fully saturated rings. The van der Waals surface area contributed by atoms with E-state index in [1.807, 2.05) is 0 Å². The zero-order valence-electron chi connectivity index (χ0n) is 6.71. The van der Waals surface area contributed by atoms with Crippen LogP contribution >= 0.6 is 27.5 Å². The van der Waals surface area contributed by atoms with Crippen molar-refractivity contribution in [3.05, 3.63) is 27.7 Å². The third-order valence-corrected chi connectivity index (χ3v) is 2.32. The quantitative estimate of drug-likeness (QED) is 0.669. The Kier molecular flexibility index (Phi) is 6.84. The number of hydrogen-bond acceptors (Lipinski definition) is 2. The molecule has 0 saturated heterocycles. The van der Waals surface area contributed by atoms with Crippen LogP contribution in [0.15, 0.2) is 22.7 Å². The molecule has 0 amide bonds. The summed E-state index contributed by atoms with van der Waals surface area (Å²) in [6, 6.07) is 4.88. The van der Waals surface area contributed by atoms with E-state index in [0.29, 0.717) is 10.7 Å². The number of benzene rings is 1. The van der Waals surface area contributed by atoms with Gasteiger partial charge < -0.3 is 9.27 Å². The first-order valence-corrected chi connectivity index (χ1v) is 5.15. The molecule has 1 N–H and O–H groups in total. The van der Waals surface area contributed by atoms with E-state index in [1.54, 1.807) is 18.2 Å². The summed E-state index contributed by atoms with van der Waals surface area (Å²) in [4.78, 5) is 0. The molecular weight excluding hydrogens is 288 g/mol. The van der Waals surface area contributed by atoms with Crippen molar-refractivity contribution in [1.29, 1.82) is 0 Å². The molecule has 3 nitrogen and oxygen atoms in total. The Morgan fingerprint density at radius 3 is 2.62 bits per heavy atom. The number of halogens is 2. The van der Waals surface area contributed by atoms with Gasteiger partial charge in [0.1, 0.15) is 0 Å². The standard InChI is InChI=1S/C6H5BrClNO2S.Na/c7-4-1-2-6(5(8)3-4)9-12(10)11;/h1-3,9H,(H,10,11);/p-1. The number of rotatable bonds is 2. The molecule has 1 aromatic rings. The van der Waals surface area contributed by atoms with E-state index >= 15 is 0 Å². The summed E-state index contributed by atoms with van der Waals surface area (Å²) in [6.45, 7) is 0. The topological polar surface area (TPSA) is 52.2 Å². The Morgan fingerprint density at radius 1 is 1.54 bits per heavy atom. The van der Waals surface area contributed by atoms with Crippen molar-refractivity contribution in [1.82, 2.24) is 0 Å². The molecule has 0 saturated carbocycles. The second kappa shape index (κ2) is 6.40. The Balaban J connectivity index is 0.00000144. The van der Waals surface area contributed by atoms with E-state index in [-0.39, 0.29) is 29.6 Å². The zero-order chi connectivity index (χ0) is 9.14. The van der Waals surface area contributed by atoms with E-state index in [9.17, 15) is 8.76 Å². The van der Waals surface area contributed by atoms with Crippen LogP contribution in [0.3, 0.4) is 0 Å². The molecule has 7 heteroatoms. The minimum atomic E-state index is -2.33. The normalized spacial score (nSPS) is 11.6. The van der Waals surface area contributed by atoms with Gasteiger partial charge in [-0.1, -0.05) is 27.5 Å². The van der Waals surface area contributed by atoms with Gasteiger partial charge in [0.25, 0.3) is 0 Å². The van der Waals surface area contributed by atoms with Gasteiger partial charge in [0.15, 0.2) is 0 Å². The molecule has 0 bridgehead atoms. The number of anilines is 1. The Labute approximate surface area is 114 Å². The first-order chi connectivity index (χ1) is 5.59. The molecule has 0 aliphatic carbocycles. The fraction of sp³-hybridized carbons (Fsp3) is 0. The molecule has 13 heavy (non-hydrogen) atoms. The molecule has 67 valence electrons. The SMILES string of the molecule is O=S([O-])Nc1ccc(Br)cc1Cl.[Na]. The van der Waals surface area contributed by atoms with Gasteiger partial charge in [-0.05, 0) is 18.2 Å². The van der Waals surface area contributed by atoms with Gasteiger partial charge in [-0.25, -0.2) is 0 Å². The number of nitrogens with one attached hydrogen (secondary N) is 1. The van der Waals surface area contributed by atoms with Crippen LogP contribution in [0.4, 0.5) is 5.69 Å². The van der Waals surface area contributed by atoms with E-state index < -0.39 is 11.3 Å². The van der Waals surface area contributed by atoms with Gasteiger partial charge in [0.2, 0.25) is 0 Å². The maximum absolute atomic E-state index is 10.2. The van der Waals surface area contributed by atoms with Crippen molar-refractivity contribution in [2.45, 2.75) is 0 Å². The summed E-state index contributed by atoms with van der Waals surface area (Å²) >= 11 is 6.57. The molecule has 1 unspecified atom stereocenters. The predicted molar refractivity (Wildman–Crippen MR) is 57.4 cm³/mol. The molecule has 1 rings (SSSR count). The van der Waals surface area contributed by atoms with Crippen molar-refractivity contribution in [3.63, 3.8) is 0 Å². The maximum Gasteiger partial charge on any atom is 0.0657 e. The molecule has 1 aromatic carbocycles. The molecule has 0 aliphatic heterocycles. The average molecular weight is 293 g/mol. The van der Waals surface area contributed by atoms with E-state index in [1.165, 1.54) is 0 Å². The first kappa shape index (κ1) is 13.9. The van der Waals surface area contributed by atoms with Crippen LogP contribution in [0, 0.1) is 0 Å². The van der Waals surface area contributed by atoms with Crippen LogP contribution in [0.25, 0.3) is 0 Å². The Bertz CT molecular complexity index is 326. The van der Waals surface area contributed by atoms with Gasteiger partial charge in [-0.3, -0.25) is 4.21 Å². The van der Waals surface area contributed by atoms with Crippen molar-refractivity contribution in [2.75, 3.05) is 4.72 Å². The molecule has 0 spiro atoms. The smallest absolute Gasteiger partial charge is 0.0657 e. The fourth-order valence-electron chi connectivity index (χ4n) is 0.662. The second-order valence-electron chi connectivity index (χ2n) is 1.96. The van der Waals surface area contributed by atoms with Crippen LogP contribution < -0.4 is 4.72 Å². The summed E-state index contributed by atoms with van der Waals surface area (Å²) in [5.74, 6) is 0. The summed E-state index contributed by atoms with van der Waals surface area (Å²) < 4.78 is 23.4. The minimum Gasteiger partial charge on any atom is -0.755 e. The average Bonchev–Trinajstić information content (AvgIpc) is 1.94. The van der Waals surface area contributed by atoms with Crippen molar-refractivity contribution >= 4 is 74.0 Å². The largest absolute Gasteiger partial charge is 0.755 e. The zero-order valence-corrected chi connectivity index (χ0v) is 11.9. The summed E-state index contributed by atoms with van der Waals surface area (Å²) in [7, 11) is 0. The second-order valence-corrected chi connectivity index (χ2v) is 3.96. The van der Waals surface area contributed by atoms with Gasteiger partial charge in [0.05, 0.1) is 10.7 Å². The number of hydrogen-bond donors (Lipinski definition) is 1. The monoisotopic (exact) mass is 291 g/mol. The van der Waals surface area contributed by atoms with Crippen LogP contribution in [-0.4, -0.2) is 38.3 Å². The summed E-state index contributed by atoms with van der Waals surface area (Å²) in [6.07, 6.45) is 0. The van der Waals surface area contributed by atoms with Crippen LogP contribution in [0.1, 0.15) is 0 Å². The molecule has 0 aromatic heterocycles. The van der Waals surface area contributed by atoms with Crippen LogP contribution in [0.5, 0.6) is 0 Å². The van der Waals surface area contributed by atoms with Crippen molar-refractivity contribution in [3.8, 4) is 0 Å². The Hall–Kier alpha value is 0.900. The van der Waals surface area contributed by atoms with Gasteiger partial charge in [0, 0.05) is 45.3 Å². The van der Waals surface area contributed by atoms with E-state index in [2.05, 4.69) is 20.7 Å². The van der Waals surface area contributed by atoms with Gasteiger partial charge in [-0.2, -0.15) is 0 Å². The fourth-order valence-corrected chi connectivity index (χ4v) is 1.80. The maximum atomic E-state index is 10.2. The van der Waals surface area contributed by atoms with E-state index in [0.717, 1.165) is 4.47 Å². The third kappa shape index (κ3) is 4.78. The van der Waals surface area contributed by atoms with E-state index in [4.69, 9.17) is 11.6 Å². The van der Waals surface area contributed by atoms with Crippen molar-refractivity contribution < 1.29 is 8.76 Å². The molecule has 0 heterocycles. The first-order valence-electron chi connectivity index (χ1n) is 2.90. The molecule has 1 radical (unpaired) electrons. The van der Waals surface area contributed by atoms with Crippen molar-refractivity contribution in [2.24, 2.45) is 0 Å². The molecule has 0 aliphatic rings. The molecular formula is C6H4BrClNNaO2S-. The Morgan fingerprint density at radius 2 is 2.15 bits per heavy atom.